The quantitative estimate of drug-likeness (QED) is 0.719. The molecule has 3 saturated heterocycles. The minimum atomic E-state index is -0.523. The minimum Gasteiger partial charge on any atom is -0.342 e. The van der Waals surface area contributed by atoms with E-state index in [0.717, 1.165) is 37.3 Å². The molecule has 0 aromatic heterocycles. The zero-order valence-corrected chi connectivity index (χ0v) is 14.0. The number of hydrogen-bond donors (Lipinski definition) is 1. The molecule has 3 aliphatic rings. The van der Waals surface area contributed by atoms with Gasteiger partial charge in [-0.15, -0.1) is 0 Å². The van der Waals surface area contributed by atoms with Crippen molar-refractivity contribution in [2.24, 2.45) is 5.41 Å². The SMILES string of the molecule is CCCN1CCC[C@]2(CCN(C(=O)CN3C(=O)CNC3=O)C2)C1=O. The molecule has 5 amide bonds. The fourth-order valence-corrected chi connectivity index (χ4v) is 3.95. The van der Waals surface area contributed by atoms with Gasteiger partial charge < -0.3 is 15.1 Å². The molecule has 0 aromatic carbocycles. The lowest BCUT2D eigenvalue weighted by Gasteiger charge is -2.39. The van der Waals surface area contributed by atoms with Crippen LogP contribution in [0, 0.1) is 5.41 Å². The molecule has 8 nitrogen and oxygen atoms in total. The fraction of sp³-hybridized carbons (Fsp3) is 0.750. The number of urea groups is 1. The third kappa shape index (κ3) is 2.85. The first-order valence-corrected chi connectivity index (χ1v) is 8.62. The molecule has 8 heteroatoms. The van der Waals surface area contributed by atoms with Crippen LogP contribution in [0.5, 0.6) is 0 Å². The Morgan fingerprint density at radius 2 is 2.00 bits per heavy atom. The molecule has 3 fully saturated rings. The van der Waals surface area contributed by atoms with E-state index in [2.05, 4.69) is 12.2 Å². The van der Waals surface area contributed by atoms with E-state index < -0.39 is 11.4 Å². The van der Waals surface area contributed by atoms with Crippen LogP contribution in [0.25, 0.3) is 0 Å². The molecule has 132 valence electrons. The molecule has 1 N–H and O–H groups in total. The molecular weight excluding hydrogens is 312 g/mol. The fourth-order valence-electron chi connectivity index (χ4n) is 3.95. The average molecular weight is 336 g/mol. The number of hydrogen-bond acceptors (Lipinski definition) is 4. The van der Waals surface area contributed by atoms with Crippen molar-refractivity contribution in [3.8, 4) is 0 Å². The Bertz CT molecular complexity index is 560. The summed E-state index contributed by atoms with van der Waals surface area (Å²) < 4.78 is 0. The number of carbonyl (C=O) groups is 4. The standard InChI is InChI=1S/C16H24N4O4/c1-2-6-18-7-3-4-16(14(18)23)5-8-19(11-16)13(22)10-20-12(21)9-17-15(20)24/h2-11H2,1H3,(H,17,24)/t16-/m1/s1. The maximum Gasteiger partial charge on any atom is 0.325 e. The lowest BCUT2D eigenvalue weighted by molar-refractivity contribution is -0.146. The highest BCUT2D eigenvalue weighted by atomic mass is 16.2. The summed E-state index contributed by atoms with van der Waals surface area (Å²) in [6, 6.07) is -0.523. The Balaban J connectivity index is 1.64. The van der Waals surface area contributed by atoms with Gasteiger partial charge in [-0.1, -0.05) is 6.92 Å². The van der Waals surface area contributed by atoms with Gasteiger partial charge >= 0.3 is 6.03 Å². The van der Waals surface area contributed by atoms with Crippen LogP contribution in [-0.4, -0.2) is 77.7 Å². The molecule has 3 rings (SSSR count). The van der Waals surface area contributed by atoms with Crippen LogP contribution in [0.1, 0.15) is 32.6 Å². The number of piperidine rings is 1. The van der Waals surface area contributed by atoms with Gasteiger partial charge in [0.1, 0.15) is 6.54 Å². The van der Waals surface area contributed by atoms with Crippen LogP contribution in [-0.2, 0) is 14.4 Å². The molecule has 1 atom stereocenters. The van der Waals surface area contributed by atoms with Crippen LogP contribution in [0.4, 0.5) is 4.79 Å². The second-order valence-corrected chi connectivity index (χ2v) is 6.88. The van der Waals surface area contributed by atoms with E-state index in [1.807, 2.05) is 4.90 Å². The second kappa shape index (κ2) is 6.41. The Morgan fingerprint density at radius 1 is 1.21 bits per heavy atom. The molecule has 3 heterocycles. The van der Waals surface area contributed by atoms with Crippen molar-refractivity contribution in [3.05, 3.63) is 0 Å². The summed E-state index contributed by atoms with van der Waals surface area (Å²) in [6.07, 6.45) is 3.36. The van der Waals surface area contributed by atoms with Crippen molar-refractivity contribution < 1.29 is 19.2 Å². The Hall–Kier alpha value is -2.12. The van der Waals surface area contributed by atoms with Crippen LogP contribution in [0.2, 0.25) is 0 Å². The van der Waals surface area contributed by atoms with Crippen molar-refractivity contribution in [3.63, 3.8) is 0 Å². The monoisotopic (exact) mass is 336 g/mol. The van der Waals surface area contributed by atoms with Gasteiger partial charge in [0.05, 0.1) is 12.0 Å². The summed E-state index contributed by atoms with van der Waals surface area (Å²) in [5.41, 5.74) is -0.472. The largest absolute Gasteiger partial charge is 0.342 e. The number of carbonyl (C=O) groups excluding carboxylic acids is 4. The zero-order chi connectivity index (χ0) is 17.3. The number of amides is 5. The third-order valence-corrected chi connectivity index (χ3v) is 5.25. The Kier molecular flexibility index (Phi) is 4.47. The van der Waals surface area contributed by atoms with Crippen molar-refractivity contribution in [2.45, 2.75) is 32.6 Å². The second-order valence-electron chi connectivity index (χ2n) is 6.88. The molecule has 3 aliphatic heterocycles. The van der Waals surface area contributed by atoms with Gasteiger partial charge in [-0.25, -0.2) is 4.79 Å². The minimum absolute atomic E-state index is 0.0550. The first kappa shape index (κ1) is 16.7. The predicted molar refractivity (Wildman–Crippen MR) is 84.8 cm³/mol. The summed E-state index contributed by atoms with van der Waals surface area (Å²) in [5.74, 6) is -0.497. The molecule has 0 saturated carbocycles. The first-order valence-electron chi connectivity index (χ1n) is 8.62. The lowest BCUT2D eigenvalue weighted by atomic mass is 9.78. The summed E-state index contributed by atoms with van der Waals surface area (Å²) in [4.78, 5) is 52.9. The average Bonchev–Trinajstić information content (AvgIpc) is 3.12. The van der Waals surface area contributed by atoms with Crippen LogP contribution in [0.3, 0.4) is 0 Å². The van der Waals surface area contributed by atoms with Crippen LogP contribution >= 0.6 is 0 Å². The van der Waals surface area contributed by atoms with Gasteiger partial charge in [0, 0.05) is 26.2 Å². The third-order valence-electron chi connectivity index (χ3n) is 5.25. The number of imide groups is 1. The molecule has 0 radical (unpaired) electrons. The Morgan fingerprint density at radius 3 is 2.67 bits per heavy atom. The molecule has 1 spiro atoms. The summed E-state index contributed by atoms with van der Waals surface area (Å²) in [6.45, 7) is 4.22. The van der Waals surface area contributed by atoms with E-state index in [9.17, 15) is 19.2 Å². The van der Waals surface area contributed by atoms with Gasteiger partial charge in [0.15, 0.2) is 0 Å². The molecule has 0 aliphatic carbocycles. The predicted octanol–water partition coefficient (Wildman–Crippen LogP) is -0.211. The van der Waals surface area contributed by atoms with Crippen LogP contribution in [0.15, 0.2) is 0 Å². The molecule has 0 unspecified atom stereocenters. The number of nitrogens with one attached hydrogen (secondary N) is 1. The first-order chi connectivity index (χ1) is 11.5. The van der Waals surface area contributed by atoms with Gasteiger partial charge in [0.25, 0.3) is 5.91 Å². The van der Waals surface area contributed by atoms with E-state index in [4.69, 9.17) is 0 Å². The maximum absolute atomic E-state index is 12.8. The topological polar surface area (TPSA) is 90.0 Å². The van der Waals surface area contributed by atoms with Gasteiger partial charge in [-0.3, -0.25) is 19.3 Å². The van der Waals surface area contributed by atoms with Gasteiger partial charge in [-0.2, -0.15) is 0 Å². The van der Waals surface area contributed by atoms with Gasteiger partial charge in [-0.05, 0) is 25.7 Å². The van der Waals surface area contributed by atoms with Crippen molar-refractivity contribution in [1.82, 2.24) is 20.0 Å². The molecule has 0 aromatic rings. The highest BCUT2D eigenvalue weighted by molar-refractivity contribution is 6.04. The van der Waals surface area contributed by atoms with Gasteiger partial charge in [0.2, 0.25) is 11.8 Å². The van der Waals surface area contributed by atoms with E-state index in [1.165, 1.54) is 0 Å². The van der Waals surface area contributed by atoms with E-state index in [0.29, 0.717) is 19.5 Å². The Labute approximate surface area is 141 Å². The summed E-state index contributed by atoms with van der Waals surface area (Å²) >= 11 is 0. The smallest absolute Gasteiger partial charge is 0.325 e. The highest BCUT2D eigenvalue weighted by Crippen LogP contribution is 2.40. The van der Waals surface area contributed by atoms with E-state index >= 15 is 0 Å². The maximum atomic E-state index is 12.8. The van der Waals surface area contributed by atoms with Crippen molar-refractivity contribution in [2.75, 3.05) is 39.3 Å². The van der Waals surface area contributed by atoms with E-state index in [1.54, 1.807) is 4.90 Å². The highest BCUT2D eigenvalue weighted by Gasteiger charge is 2.49. The summed E-state index contributed by atoms with van der Waals surface area (Å²) in [7, 11) is 0. The van der Waals surface area contributed by atoms with Crippen LogP contribution < -0.4 is 5.32 Å². The summed E-state index contributed by atoms with van der Waals surface area (Å²) in [5, 5.41) is 2.40. The lowest BCUT2D eigenvalue weighted by Crippen LogP contribution is -2.51. The van der Waals surface area contributed by atoms with E-state index in [-0.39, 0.29) is 30.8 Å². The number of likely N-dealkylation sites (tertiary alicyclic amines) is 2. The number of nitrogens with zero attached hydrogens (tertiary/aromatic N) is 3. The molecular formula is C16H24N4O4. The van der Waals surface area contributed by atoms with Crippen molar-refractivity contribution in [1.29, 1.82) is 0 Å². The molecule has 0 bridgehead atoms. The van der Waals surface area contributed by atoms with Crippen molar-refractivity contribution >= 4 is 23.8 Å². The normalized spacial score (nSPS) is 27.4. The molecule has 24 heavy (non-hydrogen) atoms. The zero-order valence-electron chi connectivity index (χ0n) is 14.0. The number of rotatable bonds is 4.